The minimum Gasteiger partial charge on any atom is -0.497 e. The predicted octanol–water partition coefficient (Wildman–Crippen LogP) is 2.77. The quantitative estimate of drug-likeness (QED) is 0.728. The molecule has 2 aliphatic rings. The van der Waals surface area contributed by atoms with E-state index in [0.29, 0.717) is 30.9 Å². The number of amides is 4. The van der Waals surface area contributed by atoms with Crippen molar-refractivity contribution in [2.24, 2.45) is 11.3 Å². The standard InChI is InChI=1S/C22H31N3O4/c1-14(2)10-24-20(27)18-11-23(12-22(4,5)13-25(18)21(24)28)19(26)17-8-7-16(29-6)9-15(17)3/h7-9,14,18H,10-13H2,1-6H3. The Hall–Kier alpha value is -2.57. The largest absolute Gasteiger partial charge is 0.497 e. The van der Waals surface area contributed by atoms with Crippen molar-refractivity contribution in [1.29, 1.82) is 0 Å². The van der Waals surface area contributed by atoms with Gasteiger partial charge >= 0.3 is 6.03 Å². The molecule has 0 spiro atoms. The number of rotatable bonds is 4. The molecule has 7 heteroatoms. The third kappa shape index (κ3) is 4.09. The van der Waals surface area contributed by atoms with E-state index in [1.54, 1.807) is 29.0 Å². The van der Waals surface area contributed by atoms with E-state index >= 15 is 0 Å². The van der Waals surface area contributed by atoms with Gasteiger partial charge in [0.2, 0.25) is 0 Å². The molecule has 0 bridgehead atoms. The summed E-state index contributed by atoms with van der Waals surface area (Å²) in [5, 5.41) is 0. The minimum atomic E-state index is -0.620. The number of nitrogens with zero attached hydrogens (tertiary/aromatic N) is 3. The number of ether oxygens (including phenoxy) is 1. The van der Waals surface area contributed by atoms with Crippen molar-refractivity contribution in [2.45, 2.75) is 40.7 Å². The second-order valence-electron chi connectivity index (χ2n) is 9.30. The number of hydrogen-bond acceptors (Lipinski definition) is 4. The Bertz CT molecular complexity index is 833. The molecule has 0 aliphatic carbocycles. The van der Waals surface area contributed by atoms with Crippen LogP contribution in [0.4, 0.5) is 4.79 Å². The van der Waals surface area contributed by atoms with Crippen LogP contribution in [0.1, 0.15) is 43.6 Å². The van der Waals surface area contributed by atoms with Crippen LogP contribution in [-0.4, -0.2) is 71.9 Å². The summed E-state index contributed by atoms with van der Waals surface area (Å²) in [5.74, 6) is 0.565. The van der Waals surface area contributed by atoms with E-state index in [1.165, 1.54) is 4.90 Å². The SMILES string of the molecule is COc1ccc(C(=O)N2CC3C(=O)N(CC(C)C)C(=O)N3CC(C)(C)C2)c(C)c1. The molecular formula is C22H31N3O4. The first-order valence-electron chi connectivity index (χ1n) is 10.1. The van der Waals surface area contributed by atoms with Crippen LogP contribution in [0, 0.1) is 18.3 Å². The molecule has 1 unspecified atom stereocenters. The lowest BCUT2D eigenvalue weighted by Gasteiger charge is -2.31. The van der Waals surface area contributed by atoms with Crippen LogP contribution in [0.25, 0.3) is 0 Å². The van der Waals surface area contributed by atoms with Crippen LogP contribution in [0.5, 0.6) is 5.75 Å². The zero-order valence-electron chi connectivity index (χ0n) is 18.2. The van der Waals surface area contributed by atoms with Crippen LogP contribution < -0.4 is 4.74 Å². The number of benzene rings is 1. The van der Waals surface area contributed by atoms with Crippen molar-refractivity contribution in [1.82, 2.24) is 14.7 Å². The molecule has 0 radical (unpaired) electrons. The molecule has 3 rings (SSSR count). The summed E-state index contributed by atoms with van der Waals surface area (Å²) in [4.78, 5) is 44.0. The van der Waals surface area contributed by atoms with Gasteiger partial charge in [0.05, 0.1) is 13.7 Å². The molecule has 4 amide bonds. The maximum atomic E-state index is 13.4. The highest BCUT2D eigenvalue weighted by atomic mass is 16.5. The number of imide groups is 1. The monoisotopic (exact) mass is 401 g/mol. The lowest BCUT2D eigenvalue weighted by Crippen LogP contribution is -2.44. The molecule has 2 aliphatic heterocycles. The Morgan fingerprint density at radius 3 is 2.52 bits per heavy atom. The first kappa shape index (κ1) is 21.1. The average molecular weight is 402 g/mol. The van der Waals surface area contributed by atoms with Crippen LogP contribution in [-0.2, 0) is 4.79 Å². The van der Waals surface area contributed by atoms with Gasteiger partial charge in [-0.25, -0.2) is 4.79 Å². The van der Waals surface area contributed by atoms with E-state index in [4.69, 9.17) is 4.74 Å². The summed E-state index contributed by atoms with van der Waals surface area (Å²) in [6, 6.07) is 4.50. The Kier molecular flexibility index (Phi) is 5.61. The molecule has 2 fully saturated rings. The van der Waals surface area contributed by atoms with E-state index in [-0.39, 0.29) is 35.7 Å². The highest BCUT2D eigenvalue weighted by Crippen LogP contribution is 2.31. The van der Waals surface area contributed by atoms with Crippen molar-refractivity contribution in [3.63, 3.8) is 0 Å². The lowest BCUT2D eigenvalue weighted by atomic mass is 9.92. The van der Waals surface area contributed by atoms with Crippen molar-refractivity contribution in [2.75, 3.05) is 33.3 Å². The number of methoxy groups -OCH3 is 1. The highest BCUT2D eigenvalue weighted by Gasteiger charge is 2.50. The topological polar surface area (TPSA) is 70.2 Å². The van der Waals surface area contributed by atoms with E-state index in [0.717, 1.165) is 5.56 Å². The van der Waals surface area contributed by atoms with E-state index < -0.39 is 6.04 Å². The van der Waals surface area contributed by atoms with E-state index in [1.807, 2.05) is 40.7 Å². The van der Waals surface area contributed by atoms with E-state index in [9.17, 15) is 14.4 Å². The summed E-state index contributed by atoms with van der Waals surface area (Å²) >= 11 is 0. The summed E-state index contributed by atoms with van der Waals surface area (Å²) in [6.07, 6.45) is 0. The molecule has 2 saturated heterocycles. The minimum absolute atomic E-state index is 0.123. The van der Waals surface area contributed by atoms with Gasteiger partial charge in [-0.15, -0.1) is 0 Å². The number of aryl methyl sites for hydroxylation is 1. The summed E-state index contributed by atoms with van der Waals surface area (Å²) in [7, 11) is 1.59. The van der Waals surface area contributed by atoms with Gasteiger partial charge in [0, 0.05) is 30.6 Å². The Morgan fingerprint density at radius 1 is 1.24 bits per heavy atom. The van der Waals surface area contributed by atoms with Crippen molar-refractivity contribution in [3.05, 3.63) is 29.3 Å². The fourth-order valence-corrected chi connectivity index (χ4v) is 4.21. The first-order chi connectivity index (χ1) is 13.5. The summed E-state index contributed by atoms with van der Waals surface area (Å²) in [6.45, 7) is 11.4. The second kappa shape index (κ2) is 7.69. The van der Waals surface area contributed by atoms with E-state index in [2.05, 4.69) is 0 Å². The molecule has 1 aromatic rings. The number of fused-ring (bicyclic) bond motifs is 1. The molecule has 158 valence electrons. The van der Waals surface area contributed by atoms with Gasteiger partial charge in [-0.2, -0.15) is 0 Å². The number of hydrogen-bond donors (Lipinski definition) is 0. The number of carbonyl (C=O) groups is 3. The normalized spacial score (nSPS) is 21.5. The Labute approximate surface area is 172 Å². The van der Waals surface area contributed by atoms with Gasteiger partial charge in [0.1, 0.15) is 11.8 Å². The van der Waals surface area contributed by atoms with Crippen LogP contribution in [0.3, 0.4) is 0 Å². The van der Waals surface area contributed by atoms with Gasteiger partial charge in [-0.3, -0.25) is 14.5 Å². The smallest absolute Gasteiger partial charge is 0.327 e. The fraction of sp³-hybridized carbons (Fsp3) is 0.591. The van der Waals surface area contributed by atoms with Crippen molar-refractivity contribution >= 4 is 17.8 Å². The zero-order valence-corrected chi connectivity index (χ0v) is 18.2. The molecular weight excluding hydrogens is 370 g/mol. The second-order valence-corrected chi connectivity index (χ2v) is 9.30. The molecule has 7 nitrogen and oxygen atoms in total. The highest BCUT2D eigenvalue weighted by molar-refractivity contribution is 6.05. The van der Waals surface area contributed by atoms with Gasteiger partial charge in [0.15, 0.2) is 0 Å². The number of carbonyl (C=O) groups excluding carboxylic acids is 3. The molecule has 1 aromatic carbocycles. The molecule has 2 heterocycles. The Balaban J connectivity index is 1.91. The molecule has 0 saturated carbocycles. The first-order valence-corrected chi connectivity index (χ1v) is 10.1. The van der Waals surface area contributed by atoms with Gasteiger partial charge in [-0.05, 0) is 36.6 Å². The van der Waals surface area contributed by atoms with Crippen LogP contribution in [0.2, 0.25) is 0 Å². The van der Waals surface area contributed by atoms with Gasteiger partial charge in [0.25, 0.3) is 11.8 Å². The third-order valence-corrected chi connectivity index (χ3v) is 5.51. The zero-order chi connectivity index (χ0) is 21.5. The third-order valence-electron chi connectivity index (χ3n) is 5.51. The lowest BCUT2D eigenvalue weighted by molar-refractivity contribution is -0.128. The molecule has 1 atom stereocenters. The molecule has 0 N–H and O–H groups in total. The maximum Gasteiger partial charge on any atom is 0.327 e. The fourth-order valence-electron chi connectivity index (χ4n) is 4.21. The van der Waals surface area contributed by atoms with Gasteiger partial charge < -0.3 is 14.5 Å². The van der Waals surface area contributed by atoms with Crippen LogP contribution >= 0.6 is 0 Å². The van der Waals surface area contributed by atoms with Crippen LogP contribution in [0.15, 0.2) is 18.2 Å². The average Bonchev–Trinajstić information content (AvgIpc) is 2.78. The number of urea groups is 1. The van der Waals surface area contributed by atoms with Crippen molar-refractivity contribution < 1.29 is 19.1 Å². The molecule has 29 heavy (non-hydrogen) atoms. The van der Waals surface area contributed by atoms with Gasteiger partial charge in [-0.1, -0.05) is 27.7 Å². The summed E-state index contributed by atoms with van der Waals surface area (Å²) < 4.78 is 5.24. The maximum absolute atomic E-state index is 13.4. The predicted molar refractivity (Wildman–Crippen MR) is 110 cm³/mol. The molecule has 0 aromatic heterocycles. The Morgan fingerprint density at radius 2 is 1.93 bits per heavy atom. The summed E-state index contributed by atoms with van der Waals surface area (Å²) in [5.41, 5.74) is 1.09. The van der Waals surface area contributed by atoms with Crippen molar-refractivity contribution in [3.8, 4) is 5.75 Å².